The van der Waals surface area contributed by atoms with Gasteiger partial charge in [0.15, 0.2) is 18.6 Å². The predicted octanol–water partition coefficient (Wildman–Crippen LogP) is -2.63. The van der Waals surface area contributed by atoms with Crippen molar-refractivity contribution in [3.63, 3.8) is 0 Å². The van der Waals surface area contributed by atoms with Crippen molar-refractivity contribution in [2.75, 3.05) is 13.2 Å². The van der Waals surface area contributed by atoms with Crippen LogP contribution in [-0.2, 0) is 23.1 Å². The lowest BCUT2D eigenvalue weighted by atomic mass is 10.1. The van der Waals surface area contributed by atoms with E-state index in [9.17, 15) is 39.1 Å². The number of alkyl halides is 1. The first-order valence-electron chi connectivity index (χ1n) is 10.6. The summed E-state index contributed by atoms with van der Waals surface area (Å²) in [5, 5.41) is 30.1. The molecule has 19 heteroatoms. The first-order valence-corrected chi connectivity index (χ1v) is 13.3. The number of thiol groups is 1. The highest BCUT2D eigenvalue weighted by molar-refractivity contribution is 8.44. The fourth-order valence-corrected chi connectivity index (χ4v) is 5.38. The third kappa shape index (κ3) is 5.71. The lowest BCUT2D eigenvalue weighted by Crippen LogP contribution is -2.37. The van der Waals surface area contributed by atoms with Gasteiger partial charge >= 0.3 is 18.2 Å². The van der Waals surface area contributed by atoms with Crippen molar-refractivity contribution in [1.82, 2.24) is 19.1 Å². The molecule has 2 aliphatic rings. The van der Waals surface area contributed by atoms with Crippen molar-refractivity contribution >= 4 is 19.0 Å². The highest BCUT2D eigenvalue weighted by Gasteiger charge is 2.50. The second-order valence-corrected chi connectivity index (χ2v) is 11.0. The summed E-state index contributed by atoms with van der Waals surface area (Å²) in [6.45, 7) is -5.95. The van der Waals surface area contributed by atoms with Crippen molar-refractivity contribution in [3.05, 3.63) is 66.2 Å². The number of aromatic amines is 2. The zero-order valence-corrected chi connectivity index (χ0v) is 20.3. The van der Waals surface area contributed by atoms with Gasteiger partial charge in [-0.2, -0.15) is 0 Å². The van der Waals surface area contributed by atoms with Crippen LogP contribution in [0.25, 0.3) is 0 Å². The molecule has 0 aliphatic carbocycles. The molecule has 204 valence electrons. The van der Waals surface area contributed by atoms with E-state index in [4.69, 9.17) is 18.5 Å². The highest BCUT2D eigenvalue weighted by atomic mass is 32.7. The Morgan fingerprint density at radius 2 is 1.51 bits per heavy atom. The minimum atomic E-state index is -4.44. The number of hydrogen-bond donors (Lipinski definition) is 6. The van der Waals surface area contributed by atoms with E-state index in [2.05, 4.69) is 12.2 Å². The number of rotatable bonds is 8. The molecule has 2 saturated heterocycles. The number of ether oxygens (including phenoxy) is 2. The van der Waals surface area contributed by atoms with Crippen molar-refractivity contribution in [2.45, 2.75) is 49.1 Å². The standard InChI is InChI=1S/C18H22FN4O12PS/c19-11-14(7(5-24)33-15(11)22-3-1-9(25)20-17(22)29)35-36(31,37)32-6-8-12(27)13(28)16(34-8)23-4-2-10(26)21-18(23)30/h1-4,7-8,11-16,24,27-28H,5-6H2,(H,31,37)(H,20,25,29)(H,21,26,30)/t7-,8-,11+,12?,13+,14?,15-,16-,36+/m1/s1. The summed E-state index contributed by atoms with van der Waals surface area (Å²) in [4.78, 5) is 50.4. The smallest absolute Gasteiger partial charge is 0.386 e. The number of aromatic nitrogens is 4. The number of H-pyrrole nitrogens is 2. The number of aliphatic hydroxyl groups excluding tert-OH is 3. The van der Waals surface area contributed by atoms with Gasteiger partial charge in [-0.25, -0.2) is 18.5 Å². The van der Waals surface area contributed by atoms with Crippen LogP contribution in [0.5, 0.6) is 0 Å². The van der Waals surface area contributed by atoms with E-state index in [1.54, 1.807) is 0 Å². The second-order valence-electron chi connectivity index (χ2n) is 8.11. The molecule has 0 radical (unpaired) electrons. The molecule has 2 aromatic rings. The van der Waals surface area contributed by atoms with Gasteiger partial charge in [0.25, 0.3) is 11.1 Å². The molecule has 0 amide bonds. The van der Waals surface area contributed by atoms with Crippen LogP contribution < -0.4 is 22.5 Å². The molecule has 0 aromatic carbocycles. The van der Waals surface area contributed by atoms with Gasteiger partial charge in [-0.3, -0.25) is 37.7 Å². The van der Waals surface area contributed by atoms with Gasteiger partial charge in [0, 0.05) is 24.5 Å². The molecule has 2 aromatic heterocycles. The maximum Gasteiger partial charge on any atom is 0.386 e. The first kappa shape index (κ1) is 27.6. The fourth-order valence-electron chi connectivity index (χ4n) is 3.89. The van der Waals surface area contributed by atoms with Gasteiger partial charge in [0.2, 0.25) is 0 Å². The quantitative estimate of drug-likeness (QED) is 0.142. The Kier molecular flexibility index (Phi) is 8.03. The van der Waals surface area contributed by atoms with Gasteiger partial charge in [0.05, 0.1) is 13.2 Å². The maximum absolute atomic E-state index is 15.2. The van der Waals surface area contributed by atoms with Crippen molar-refractivity contribution in [2.24, 2.45) is 0 Å². The monoisotopic (exact) mass is 568 g/mol. The second kappa shape index (κ2) is 10.8. The first-order chi connectivity index (χ1) is 17.4. The summed E-state index contributed by atoms with van der Waals surface area (Å²) in [5.74, 6) is 0. The molecule has 4 rings (SSSR count). The number of hydrogen-bond acceptors (Lipinski definition) is 12. The van der Waals surface area contributed by atoms with Crippen LogP contribution in [0.3, 0.4) is 0 Å². The average molecular weight is 568 g/mol. The van der Waals surface area contributed by atoms with E-state index in [0.717, 1.165) is 29.1 Å². The predicted molar refractivity (Wildman–Crippen MR) is 122 cm³/mol. The van der Waals surface area contributed by atoms with E-state index >= 15 is 4.39 Å². The Hall–Kier alpha value is -2.41. The molecule has 37 heavy (non-hydrogen) atoms. The van der Waals surface area contributed by atoms with E-state index < -0.39 is 91.7 Å². The molecule has 0 saturated carbocycles. The normalized spacial score (nSPS) is 33.4. The van der Waals surface area contributed by atoms with Gasteiger partial charge in [0.1, 0.15) is 30.5 Å². The number of nitrogens with one attached hydrogen (secondary N) is 2. The molecule has 2 fully saturated rings. The van der Waals surface area contributed by atoms with E-state index in [1.165, 1.54) is 0 Å². The van der Waals surface area contributed by atoms with Crippen LogP contribution >= 0.6 is 19.0 Å². The van der Waals surface area contributed by atoms with Crippen molar-refractivity contribution in [1.29, 1.82) is 0 Å². The molecular formula is C18H22FN4O12PS. The van der Waals surface area contributed by atoms with Crippen LogP contribution in [-0.4, -0.2) is 84.3 Å². The van der Waals surface area contributed by atoms with E-state index in [-0.39, 0.29) is 0 Å². The van der Waals surface area contributed by atoms with Gasteiger partial charge in [-0.15, -0.1) is 0 Å². The molecule has 9 atom stereocenters. The third-order valence-corrected chi connectivity index (χ3v) is 7.31. The highest BCUT2D eigenvalue weighted by Crippen LogP contribution is 2.56. The molecule has 16 nitrogen and oxygen atoms in total. The van der Waals surface area contributed by atoms with E-state index in [1.807, 2.05) is 9.97 Å². The third-order valence-electron chi connectivity index (χ3n) is 5.69. The van der Waals surface area contributed by atoms with Crippen LogP contribution in [0.15, 0.2) is 43.7 Å². The molecular weight excluding hydrogens is 546 g/mol. The van der Waals surface area contributed by atoms with Crippen LogP contribution in [0.2, 0.25) is 0 Å². The largest absolute Gasteiger partial charge is 0.394 e. The van der Waals surface area contributed by atoms with Gasteiger partial charge in [-0.1, -0.05) is 12.2 Å². The summed E-state index contributed by atoms with van der Waals surface area (Å²) >= 11 is 3.77. The lowest BCUT2D eigenvalue weighted by Gasteiger charge is -2.23. The average Bonchev–Trinajstić information content (AvgIpc) is 3.28. The molecule has 2 unspecified atom stereocenters. The molecule has 2 aliphatic heterocycles. The Bertz CT molecular complexity index is 1410. The lowest BCUT2D eigenvalue weighted by molar-refractivity contribution is -0.0563. The topological polar surface area (TPSA) is 224 Å². The summed E-state index contributed by atoms with van der Waals surface area (Å²) in [7, 11) is 0. The minimum absolute atomic E-state index is 0.696. The minimum Gasteiger partial charge on any atom is -0.394 e. The SMILES string of the molecule is O=c1ccn([C@@H]2O[C@H](CO[P@](=O)(S)OC3[C@@H](CO)O[C@@H](n4ccc(=O)[nH]c4=O)[C@H]3F)C(O)[C@@H]2O)c(=O)[nH]1. The van der Waals surface area contributed by atoms with Crippen molar-refractivity contribution < 1.29 is 42.8 Å². The maximum atomic E-state index is 15.2. The van der Waals surface area contributed by atoms with Gasteiger partial charge in [-0.05, 0) is 0 Å². The zero-order chi connectivity index (χ0) is 27.1. The van der Waals surface area contributed by atoms with Crippen LogP contribution in [0.1, 0.15) is 12.5 Å². The Morgan fingerprint density at radius 1 is 0.973 bits per heavy atom. The van der Waals surface area contributed by atoms with Crippen molar-refractivity contribution in [3.8, 4) is 0 Å². The number of aliphatic hydroxyl groups is 3. The molecule has 4 heterocycles. The summed E-state index contributed by atoms with van der Waals surface area (Å²) in [6.07, 6.45) is -11.0. The summed E-state index contributed by atoms with van der Waals surface area (Å²) in [6, 6.07) is 1.94. The Balaban J connectivity index is 1.43. The Morgan fingerprint density at radius 3 is 2.05 bits per heavy atom. The molecule has 0 spiro atoms. The fraction of sp³-hybridized carbons (Fsp3) is 0.556. The van der Waals surface area contributed by atoms with Gasteiger partial charge < -0.3 is 24.8 Å². The summed E-state index contributed by atoms with van der Waals surface area (Å²) in [5.41, 5.74) is -3.35. The summed E-state index contributed by atoms with van der Waals surface area (Å²) < 4.78 is 50.5. The zero-order valence-electron chi connectivity index (χ0n) is 18.5. The van der Waals surface area contributed by atoms with Crippen LogP contribution in [0, 0.1) is 0 Å². The molecule has 0 bridgehead atoms. The Labute approximate surface area is 209 Å². The number of halogens is 1. The molecule has 5 N–H and O–H groups in total. The van der Waals surface area contributed by atoms with Crippen LogP contribution in [0.4, 0.5) is 4.39 Å². The van der Waals surface area contributed by atoms with E-state index in [0.29, 0.717) is 4.57 Å². The number of nitrogens with zero attached hydrogens (tertiary/aromatic N) is 2.